The van der Waals surface area contributed by atoms with Crippen molar-refractivity contribution in [2.45, 2.75) is 58.1 Å². The fourth-order valence-electron chi connectivity index (χ4n) is 2.99. The van der Waals surface area contributed by atoms with Crippen LogP contribution in [0.5, 0.6) is 0 Å². The largest absolute Gasteiger partial charge is 0.446 e. The zero-order chi connectivity index (χ0) is 14.0. The normalized spacial score (nSPS) is 27.6. The quantitative estimate of drug-likeness (QED) is 0.797. The maximum Gasteiger partial charge on any atom is 0.410 e. The molecule has 0 spiro atoms. The smallest absolute Gasteiger partial charge is 0.410 e. The van der Waals surface area contributed by atoms with Crippen molar-refractivity contribution in [3.63, 3.8) is 0 Å². The maximum absolute atomic E-state index is 12.2. The van der Waals surface area contributed by atoms with E-state index in [2.05, 4.69) is 0 Å². The fourth-order valence-corrected chi connectivity index (χ4v) is 2.99. The number of ether oxygens (including phenoxy) is 1. The van der Waals surface area contributed by atoms with Crippen molar-refractivity contribution in [3.05, 3.63) is 0 Å². The van der Waals surface area contributed by atoms with Gasteiger partial charge in [0.1, 0.15) is 12.1 Å². The first-order chi connectivity index (χ1) is 9.00. The van der Waals surface area contributed by atoms with Crippen LogP contribution < -0.4 is 0 Å². The molecule has 2 aliphatic rings. The lowest BCUT2D eigenvalue weighted by Gasteiger charge is -2.26. The van der Waals surface area contributed by atoms with Crippen LogP contribution in [0.3, 0.4) is 0 Å². The van der Waals surface area contributed by atoms with Gasteiger partial charge in [0, 0.05) is 6.54 Å². The van der Waals surface area contributed by atoms with Crippen molar-refractivity contribution in [1.82, 2.24) is 4.90 Å². The topological polar surface area (TPSA) is 70.5 Å². The number of likely N-dealkylation sites (tertiary alicyclic amines) is 1. The van der Waals surface area contributed by atoms with Gasteiger partial charge in [-0.25, -0.2) is 4.79 Å². The SMILES string of the molecule is CC(=N)C(=O)[C@H]1C(C)CCN1C(=O)OC1CCCC1. The van der Waals surface area contributed by atoms with Crippen LogP contribution >= 0.6 is 0 Å². The Kier molecular flexibility index (Phi) is 4.22. The Labute approximate surface area is 113 Å². The number of hydrogen-bond donors (Lipinski definition) is 1. The van der Waals surface area contributed by atoms with E-state index in [1.807, 2.05) is 6.92 Å². The number of carbonyl (C=O) groups is 2. The number of amides is 1. The molecule has 19 heavy (non-hydrogen) atoms. The van der Waals surface area contributed by atoms with E-state index >= 15 is 0 Å². The number of nitrogens with one attached hydrogen (secondary N) is 1. The van der Waals surface area contributed by atoms with E-state index < -0.39 is 6.04 Å². The highest BCUT2D eigenvalue weighted by molar-refractivity contribution is 6.39. The van der Waals surface area contributed by atoms with Gasteiger partial charge in [-0.05, 0) is 44.9 Å². The predicted octanol–water partition coefficient (Wildman–Crippen LogP) is 2.38. The Bertz CT molecular complexity index is 388. The molecule has 1 saturated carbocycles. The molecule has 1 saturated heterocycles. The minimum absolute atomic E-state index is 0.0115. The van der Waals surface area contributed by atoms with Gasteiger partial charge in [-0.15, -0.1) is 0 Å². The third-order valence-corrected chi connectivity index (χ3v) is 4.14. The molecule has 1 unspecified atom stereocenters. The first-order valence-electron chi connectivity index (χ1n) is 7.07. The Balaban J connectivity index is 2.02. The maximum atomic E-state index is 12.2. The molecule has 5 nitrogen and oxygen atoms in total. The van der Waals surface area contributed by atoms with Crippen molar-refractivity contribution < 1.29 is 14.3 Å². The van der Waals surface area contributed by atoms with Gasteiger partial charge in [0.05, 0.1) is 5.71 Å². The molecule has 1 N–H and O–H groups in total. The minimum Gasteiger partial charge on any atom is -0.446 e. The molecule has 0 bridgehead atoms. The van der Waals surface area contributed by atoms with Gasteiger partial charge >= 0.3 is 6.09 Å². The van der Waals surface area contributed by atoms with Crippen LogP contribution in [-0.4, -0.2) is 41.2 Å². The Hall–Kier alpha value is -1.39. The van der Waals surface area contributed by atoms with E-state index in [4.69, 9.17) is 10.1 Å². The molecule has 0 aromatic carbocycles. The highest BCUT2D eigenvalue weighted by atomic mass is 16.6. The van der Waals surface area contributed by atoms with Gasteiger partial charge < -0.3 is 10.1 Å². The molecule has 0 aromatic rings. The van der Waals surface area contributed by atoms with Crippen LogP contribution in [0.15, 0.2) is 0 Å². The molecule has 0 radical (unpaired) electrons. The van der Waals surface area contributed by atoms with Crippen molar-refractivity contribution in [1.29, 1.82) is 5.41 Å². The number of rotatable bonds is 3. The average Bonchev–Trinajstić information content (AvgIpc) is 2.97. The van der Waals surface area contributed by atoms with E-state index in [9.17, 15) is 9.59 Å². The summed E-state index contributed by atoms with van der Waals surface area (Å²) in [6, 6.07) is -0.508. The molecule has 1 amide bonds. The molecular weight excluding hydrogens is 244 g/mol. The summed E-state index contributed by atoms with van der Waals surface area (Å²) in [5.41, 5.74) is 0.0115. The van der Waals surface area contributed by atoms with Crippen LogP contribution in [-0.2, 0) is 9.53 Å². The first kappa shape index (κ1) is 14.0. The first-order valence-corrected chi connectivity index (χ1v) is 7.07. The second kappa shape index (κ2) is 5.72. The molecular formula is C14H22N2O3. The van der Waals surface area contributed by atoms with Gasteiger partial charge in [0.2, 0.25) is 0 Å². The summed E-state index contributed by atoms with van der Waals surface area (Å²) in [5, 5.41) is 7.48. The van der Waals surface area contributed by atoms with E-state index in [0.717, 1.165) is 32.1 Å². The second-order valence-electron chi connectivity index (χ2n) is 5.68. The molecule has 0 aromatic heterocycles. The molecule has 2 rings (SSSR count). The molecule has 1 aliphatic carbocycles. The monoisotopic (exact) mass is 266 g/mol. The highest BCUT2D eigenvalue weighted by Gasteiger charge is 2.41. The zero-order valence-corrected chi connectivity index (χ0v) is 11.6. The third kappa shape index (κ3) is 2.96. The van der Waals surface area contributed by atoms with Crippen molar-refractivity contribution >= 4 is 17.6 Å². The molecule has 5 heteroatoms. The Morgan fingerprint density at radius 1 is 1.21 bits per heavy atom. The third-order valence-electron chi connectivity index (χ3n) is 4.14. The van der Waals surface area contributed by atoms with Gasteiger partial charge in [-0.2, -0.15) is 0 Å². The molecule has 2 fully saturated rings. The summed E-state index contributed by atoms with van der Waals surface area (Å²) in [5.74, 6) is -0.155. The average molecular weight is 266 g/mol. The van der Waals surface area contributed by atoms with Crippen LogP contribution in [0, 0.1) is 11.3 Å². The minimum atomic E-state index is -0.508. The van der Waals surface area contributed by atoms with Gasteiger partial charge in [-0.1, -0.05) is 6.92 Å². The lowest BCUT2D eigenvalue weighted by molar-refractivity contribution is -0.117. The lowest BCUT2D eigenvalue weighted by atomic mass is 9.97. The number of carbonyl (C=O) groups excluding carboxylic acids is 2. The standard InChI is InChI=1S/C14H22N2O3/c1-9-7-8-16(12(9)13(17)10(2)15)14(18)19-11-5-3-4-6-11/h9,11-12,15H,3-8H2,1-2H3/t9?,12-/m1/s1. The second-order valence-corrected chi connectivity index (χ2v) is 5.68. The summed E-state index contributed by atoms with van der Waals surface area (Å²) >= 11 is 0. The van der Waals surface area contributed by atoms with Crippen LogP contribution in [0.1, 0.15) is 46.0 Å². The van der Waals surface area contributed by atoms with E-state index in [1.165, 1.54) is 11.8 Å². The Morgan fingerprint density at radius 3 is 2.42 bits per heavy atom. The van der Waals surface area contributed by atoms with Crippen molar-refractivity contribution in [2.75, 3.05) is 6.54 Å². The summed E-state index contributed by atoms with van der Waals surface area (Å²) in [7, 11) is 0. The summed E-state index contributed by atoms with van der Waals surface area (Å²) in [6.45, 7) is 3.98. The van der Waals surface area contributed by atoms with Crippen molar-refractivity contribution in [2.24, 2.45) is 5.92 Å². The van der Waals surface area contributed by atoms with E-state index in [-0.39, 0.29) is 29.6 Å². The van der Waals surface area contributed by atoms with Crippen LogP contribution in [0.25, 0.3) is 0 Å². The summed E-state index contributed by atoms with van der Waals surface area (Å²) in [4.78, 5) is 25.7. The van der Waals surface area contributed by atoms with E-state index in [1.54, 1.807) is 0 Å². The van der Waals surface area contributed by atoms with Gasteiger partial charge in [-0.3, -0.25) is 9.69 Å². The van der Waals surface area contributed by atoms with Gasteiger partial charge in [0.15, 0.2) is 5.78 Å². The van der Waals surface area contributed by atoms with Gasteiger partial charge in [0.25, 0.3) is 0 Å². The van der Waals surface area contributed by atoms with Crippen molar-refractivity contribution in [3.8, 4) is 0 Å². The number of nitrogens with zero attached hydrogens (tertiary/aromatic N) is 1. The summed E-state index contributed by atoms with van der Waals surface area (Å²) in [6.07, 6.45) is 4.50. The molecule has 2 atom stereocenters. The fraction of sp³-hybridized carbons (Fsp3) is 0.786. The van der Waals surface area contributed by atoms with Crippen LogP contribution in [0.2, 0.25) is 0 Å². The number of hydrogen-bond acceptors (Lipinski definition) is 4. The molecule has 106 valence electrons. The lowest BCUT2D eigenvalue weighted by Crippen LogP contribution is -2.45. The highest BCUT2D eigenvalue weighted by Crippen LogP contribution is 2.28. The predicted molar refractivity (Wildman–Crippen MR) is 71.4 cm³/mol. The number of Topliss-reactive ketones (excluding diaryl/α,β-unsaturated/α-hetero) is 1. The van der Waals surface area contributed by atoms with Crippen LogP contribution in [0.4, 0.5) is 4.79 Å². The van der Waals surface area contributed by atoms with E-state index in [0.29, 0.717) is 6.54 Å². The zero-order valence-electron chi connectivity index (χ0n) is 11.6. The summed E-state index contributed by atoms with van der Waals surface area (Å²) < 4.78 is 5.47. The Morgan fingerprint density at radius 2 is 1.84 bits per heavy atom. The molecule has 1 aliphatic heterocycles. The molecule has 1 heterocycles. The number of ketones is 1.